The van der Waals surface area contributed by atoms with Crippen molar-refractivity contribution in [1.82, 2.24) is 20.4 Å². The molecular weight excluding hydrogens is 390 g/mol. The highest BCUT2D eigenvalue weighted by molar-refractivity contribution is 5.79. The Kier molecular flexibility index (Phi) is 8.48. The average molecular weight is 422 g/mol. The van der Waals surface area contributed by atoms with E-state index in [9.17, 15) is 0 Å². The molecule has 0 saturated heterocycles. The number of aliphatic imine (C=N–C) groups is 1. The molecule has 1 unspecified atom stereocenters. The van der Waals surface area contributed by atoms with Gasteiger partial charge in [0.05, 0.1) is 31.1 Å². The van der Waals surface area contributed by atoms with Crippen LogP contribution in [0.4, 0.5) is 0 Å². The minimum Gasteiger partial charge on any atom is -0.497 e. The summed E-state index contributed by atoms with van der Waals surface area (Å²) < 4.78 is 13.0. The average Bonchev–Trinajstić information content (AvgIpc) is 3.30. The lowest BCUT2D eigenvalue weighted by atomic mass is 10.1. The number of hydrogen-bond donors (Lipinski definition) is 2. The van der Waals surface area contributed by atoms with Crippen LogP contribution >= 0.6 is 0 Å². The van der Waals surface area contributed by atoms with Gasteiger partial charge < -0.3 is 20.1 Å². The van der Waals surface area contributed by atoms with E-state index in [1.165, 1.54) is 5.56 Å². The lowest BCUT2D eigenvalue weighted by Gasteiger charge is -2.14. The highest BCUT2D eigenvalue weighted by atomic mass is 16.5. The van der Waals surface area contributed by atoms with Crippen molar-refractivity contribution in [1.29, 1.82) is 0 Å². The monoisotopic (exact) mass is 421 g/mol. The van der Waals surface area contributed by atoms with Gasteiger partial charge in [0, 0.05) is 26.4 Å². The fraction of sp³-hybridized carbons (Fsp3) is 0.333. The van der Waals surface area contributed by atoms with Gasteiger partial charge in [-0.2, -0.15) is 5.10 Å². The Morgan fingerprint density at radius 2 is 1.84 bits per heavy atom. The van der Waals surface area contributed by atoms with Gasteiger partial charge in [0.25, 0.3) is 0 Å². The summed E-state index contributed by atoms with van der Waals surface area (Å²) in [5.41, 5.74) is 3.11. The summed E-state index contributed by atoms with van der Waals surface area (Å²) in [7, 11) is 3.42. The molecule has 2 aromatic carbocycles. The van der Waals surface area contributed by atoms with E-state index < -0.39 is 0 Å². The number of aromatic nitrogens is 2. The summed E-state index contributed by atoms with van der Waals surface area (Å²) in [6.07, 6.45) is 2.93. The molecule has 0 aliphatic carbocycles. The molecule has 1 atom stereocenters. The number of ether oxygens (including phenoxy) is 2. The maximum Gasteiger partial charge on any atom is 0.191 e. The molecular formula is C24H31N5O2. The lowest BCUT2D eigenvalue weighted by Crippen LogP contribution is -2.37. The van der Waals surface area contributed by atoms with Crippen molar-refractivity contribution in [2.24, 2.45) is 4.99 Å². The predicted octanol–water partition coefficient (Wildman–Crippen LogP) is 3.71. The van der Waals surface area contributed by atoms with Crippen LogP contribution in [0.25, 0.3) is 5.69 Å². The fourth-order valence-electron chi connectivity index (χ4n) is 3.09. The second-order valence-electron chi connectivity index (χ2n) is 7.08. The molecule has 1 heterocycles. The Morgan fingerprint density at radius 3 is 2.55 bits per heavy atom. The largest absolute Gasteiger partial charge is 0.497 e. The third-order valence-corrected chi connectivity index (χ3v) is 4.89. The summed E-state index contributed by atoms with van der Waals surface area (Å²) >= 11 is 0. The van der Waals surface area contributed by atoms with E-state index in [1.54, 1.807) is 14.2 Å². The van der Waals surface area contributed by atoms with Crippen LogP contribution in [0.2, 0.25) is 0 Å². The number of nitrogens with zero attached hydrogens (tertiary/aromatic N) is 3. The number of guanidine groups is 1. The summed E-state index contributed by atoms with van der Waals surface area (Å²) in [6.45, 7) is 4.13. The van der Waals surface area contributed by atoms with E-state index >= 15 is 0 Å². The second-order valence-corrected chi connectivity index (χ2v) is 7.08. The van der Waals surface area contributed by atoms with Crippen molar-refractivity contribution in [2.45, 2.75) is 26.0 Å². The SMILES string of the molecule is CN=C(NCCCOC(C)c1ccccc1)NCc1ccn(-c2ccc(OC)cc2)n1. The first kappa shape index (κ1) is 22.4. The van der Waals surface area contributed by atoms with Crippen LogP contribution in [0.5, 0.6) is 5.75 Å². The van der Waals surface area contributed by atoms with Gasteiger partial charge in [0.15, 0.2) is 5.96 Å². The minimum absolute atomic E-state index is 0.0967. The first-order chi connectivity index (χ1) is 15.2. The van der Waals surface area contributed by atoms with Gasteiger partial charge in [-0.25, -0.2) is 4.68 Å². The van der Waals surface area contributed by atoms with Crippen molar-refractivity contribution in [3.05, 3.63) is 78.1 Å². The van der Waals surface area contributed by atoms with E-state index in [0.29, 0.717) is 13.2 Å². The molecule has 31 heavy (non-hydrogen) atoms. The maximum absolute atomic E-state index is 5.91. The van der Waals surface area contributed by atoms with Gasteiger partial charge >= 0.3 is 0 Å². The van der Waals surface area contributed by atoms with Crippen molar-refractivity contribution < 1.29 is 9.47 Å². The van der Waals surface area contributed by atoms with Crippen LogP contribution in [0, 0.1) is 0 Å². The zero-order valence-electron chi connectivity index (χ0n) is 18.4. The van der Waals surface area contributed by atoms with Crippen LogP contribution in [0.15, 0.2) is 71.9 Å². The van der Waals surface area contributed by atoms with Crippen LogP contribution in [0.3, 0.4) is 0 Å². The third kappa shape index (κ3) is 6.86. The molecule has 0 saturated carbocycles. The molecule has 2 N–H and O–H groups in total. The Hall–Kier alpha value is -3.32. The molecule has 7 heteroatoms. The number of nitrogens with one attached hydrogen (secondary N) is 2. The normalized spacial score (nSPS) is 12.4. The lowest BCUT2D eigenvalue weighted by molar-refractivity contribution is 0.0646. The van der Waals surface area contributed by atoms with Crippen LogP contribution in [-0.2, 0) is 11.3 Å². The summed E-state index contributed by atoms with van der Waals surface area (Å²) in [4.78, 5) is 4.27. The molecule has 0 fully saturated rings. The van der Waals surface area contributed by atoms with Crippen LogP contribution in [-0.4, -0.2) is 43.0 Å². The molecule has 0 spiro atoms. The molecule has 0 aliphatic heterocycles. The summed E-state index contributed by atoms with van der Waals surface area (Å²) in [5.74, 6) is 1.57. The quantitative estimate of drug-likeness (QED) is 0.297. The van der Waals surface area contributed by atoms with Crippen LogP contribution in [0.1, 0.15) is 30.7 Å². The number of rotatable bonds is 10. The molecule has 164 valence electrons. The highest BCUT2D eigenvalue weighted by Crippen LogP contribution is 2.16. The highest BCUT2D eigenvalue weighted by Gasteiger charge is 2.06. The molecule has 7 nitrogen and oxygen atoms in total. The van der Waals surface area contributed by atoms with E-state index in [1.807, 2.05) is 59.4 Å². The van der Waals surface area contributed by atoms with Crippen molar-refractivity contribution >= 4 is 5.96 Å². The summed E-state index contributed by atoms with van der Waals surface area (Å²) in [5, 5.41) is 11.2. The summed E-state index contributed by atoms with van der Waals surface area (Å²) in [6, 6.07) is 20.0. The Morgan fingerprint density at radius 1 is 1.06 bits per heavy atom. The van der Waals surface area contributed by atoms with Crippen molar-refractivity contribution in [2.75, 3.05) is 27.3 Å². The molecule has 1 aromatic heterocycles. The fourth-order valence-corrected chi connectivity index (χ4v) is 3.09. The number of hydrogen-bond acceptors (Lipinski definition) is 4. The topological polar surface area (TPSA) is 72.7 Å². The van der Waals surface area contributed by atoms with E-state index in [4.69, 9.17) is 9.47 Å². The number of benzene rings is 2. The standard InChI is InChI=1S/C24H31N5O2/c1-19(20-8-5-4-6-9-20)31-17-7-15-26-24(25-2)27-18-21-14-16-29(28-21)22-10-12-23(30-3)13-11-22/h4-6,8-14,16,19H,7,15,17-18H2,1-3H3,(H2,25,26,27). The Bertz CT molecular complexity index is 938. The first-order valence-electron chi connectivity index (χ1n) is 10.5. The Labute approximate surface area is 184 Å². The molecule has 0 aliphatic rings. The molecule has 0 radical (unpaired) electrons. The zero-order valence-corrected chi connectivity index (χ0v) is 18.4. The van der Waals surface area contributed by atoms with Gasteiger partial charge in [-0.1, -0.05) is 30.3 Å². The molecule has 3 aromatic rings. The first-order valence-corrected chi connectivity index (χ1v) is 10.5. The van der Waals surface area contributed by atoms with Crippen molar-refractivity contribution in [3.63, 3.8) is 0 Å². The second kappa shape index (κ2) is 11.8. The molecule has 3 rings (SSSR count). The minimum atomic E-state index is 0.0967. The smallest absolute Gasteiger partial charge is 0.191 e. The number of methoxy groups -OCH3 is 1. The third-order valence-electron chi connectivity index (χ3n) is 4.89. The van der Waals surface area contributed by atoms with E-state index in [2.05, 4.69) is 39.8 Å². The van der Waals surface area contributed by atoms with Gasteiger partial charge in [0.1, 0.15) is 5.75 Å². The Balaban J connectivity index is 1.37. The maximum atomic E-state index is 5.91. The van der Waals surface area contributed by atoms with Crippen LogP contribution < -0.4 is 15.4 Å². The van der Waals surface area contributed by atoms with Gasteiger partial charge in [0.2, 0.25) is 0 Å². The molecule has 0 amide bonds. The van der Waals surface area contributed by atoms with E-state index in [-0.39, 0.29) is 6.10 Å². The van der Waals surface area contributed by atoms with Gasteiger partial charge in [-0.05, 0) is 49.2 Å². The van der Waals surface area contributed by atoms with Gasteiger partial charge in [-0.3, -0.25) is 4.99 Å². The zero-order chi connectivity index (χ0) is 21.9. The van der Waals surface area contributed by atoms with Gasteiger partial charge in [-0.15, -0.1) is 0 Å². The predicted molar refractivity (Wildman–Crippen MR) is 124 cm³/mol. The van der Waals surface area contributed by atoms with Crippen molar-refractivity contribution in [3.8, 4) is 11.4 Å². The van der Waals surface area contributed by atoms with E-state index in [0.717, 1.165) is 36.1 Å². The molecule has 0 bridgehead atoms.